The molecule has 1 amide bonds. The number of hydrogen-bond acceptors (Lipinski definition) is 15. The Morgan fingerprint density at radius 1 is 0.694 bits per heavy atom. The zero-order valence-corrected chi connectivity index (χ0v) is 37.5. The predicted molar refractivity (Wildman–Crippen MR) is 208 cm³/mol. The van der Waals surface area contributed by atoms with Crippen LogP contribution in [0, 0.1) is 0 Å². The van der Waals surface area contributed by atoms with Crippen LogP contribution in [0.3, 0.4) is 0 Å². The first-order valence-electron chi connectivity index (χ1n) is 15.5. The van der Waals surface area contributed by atoms with Gasteiger partial charge in [0.1, 0.15) is 18.6 Å². The maximum absolute atomic E-state index is 12.1. The number of rotatable bonds is 15. The maximum atomic E-state index is 12.1. The fraction of sp³-hybridized carbons (Fsp3) is 0.257. The summed E-state index contributed by atoms with van der Waals surface area (Å²) < 4.78 is 1.42. The van der Waals surface area contributed by atoms with E-state index in [1.54, 1.807) is 36.7 Å². The van der Waals surface area contributed by atoms with Crippen LogP contribution in [0.25, 0.3) is 11.5 Å². The first-order chi connectivity index (χ1) is 28.7. The van der Waals surface area contributed by atoms with E-state index in [0.29, 0.717) is 11.4 Å². The minimum Gasteiger partial charge on any atom is -0.665 e. The summed E-state index contributed by atoms with van der Waals surface area (Å²) >= 11 is 0. The van der Waals surface area contributed by atoms with E-state index in [0.717, 1.165) is 11.3 Å². The number of carboxylic acids is 4. The topological polar surface area (TPSA) is 430 Å². The quantitative estimate of drug-likeness (QED) is 0.0518. The predicted octanol–water partition coefficient (Wildman–Crippen LogP) is -1.08. The third-order valence-electron chi connectivity index (χ3n) is 6.22. The van der Waals surface area contributed by atoms with Crippen LogP contribution >= 0.6 is 0 Å². The Bertz CT molecular complexity index is 1640. The van der Waals surface area contributed by atoms with Crippen molar-refractivity contribution in [1.82, 2.24) is 34.8 Å². The fourth-order valence-corrected chi connectivity index (χ4v) is 3.77. The molecule has 1 aromatic carbocycles. The van der Waals surface area contributed by atoms with Crippen LogP contribution in [0.1, 0.15) is 22.6 Å². The van der Waals surface area contributed by atoms with Gasteiger partial charge in [-0.15, -0.1) is 0 Å². The fourth-order valence-electron chi connectivity index (χ4n) is 3.77. The van der Waals surface area contributed by atoms with Gasteiger partial charge in [-0.1, -0.05) is 30.3 Å². The van der Waals surface area contributed by atoms with E-state index in [-0.39, 0.29) is 73.1 Å². The SMILES string of the molecule is N[C@H](Cc1cnc[nH]1)C(=O)O.[CH-]=O.[CH-]=O.[CH-]=O.[CH-]=O.[CH-]=O.[CH-]=O.[NH-][C@@H](Cc1c[nH]cn1)C(=O)O.[NH-][C@@H](Cc1cn(CC(=O)N[C@@H](Cc2ccccc2)C(=O)O)cn1)C(=O)O.[Re].[Re]. The van der Waals surface area contributed by atoms with E-state index in [1.165, 1.54) is 29.7 Å². The summed E-state index contributed by atoms with van der Waals surface area (Å²) in [6.07, 6.45) is 9.44. The van der Waals surface area contributed by atoms with Crippen molar-refractivity contribution in [2.75, 3.05) is 0 Å². The molecule has 0 spiro atoms. The molecule has 0 bridgehead atoms. The largest absolute Gasteiger partial charge is 0.665 e. The number of hydrogen-bond donors (Lipinski definition) is 8. The number of carbonyl (C=O) groups excluding carboxylic acids is 7. The molecule has 0 aliphatic rings. The van der Waals surface area contributed by atoms with Gasteiger partial charge in [0.25, 0.3) is 11.9 Å². The Hall–Kier alpha value is -6.58. The molecule has 0 aliphatic heterocycles. The average Bonchev–Trinajstić information content (AvgIpc) is 4.08. The van der Waals surface area contributed by atoms with Crippen molar-refractivity contribution in [3.05, 3.63) is 102 Å². The molecule has 0 aliphatic carbocycles. The van der Waals surface area contributed by atoms with Crippen LogP contribution in [0.2, 0.25) is 0 Å². The minimum absolute atomic E-state index is 0. The number of aromatic nitrogens is 6. The molecule has 3 heterocycles. The molecule has 27 heteroatoms. The molecule has 0 saturated carbocycles. The second-order valence-electron chi connectivity index (χ2n) is 10.2. The van der Waals surface area contributed by atoms with Crippen molar-refractivity contribution in [3.63, 3.8) is 0 Å². The summed E-state index contributed by atoms with van der Waals surface area (Å²) in [5, 5.41) is 37.3. The molecule has 2 radical (unpaired) electrons. The standard InChI is InChI=1S/C17H19N4O5.C6H9N3O2.C6H8N3O2.6CHO.2Re/c18-13(16(23)24)7-12-8-21(10-19-12)9-15(22)20-14(17(25)26)6-11-4-2-1-3-5-11;2*7-5(6(10)11)1-4-2-8-3-9-4;6*1-2;;/h1-5,8,10,13-14,18H,6-7,9H2,(H,20,22)(H,23,24)(H,25,26);2-3,5H,1,7H2,(H,8,9)(H,10,11);2-3,5,7H,1H2,(H,8,9)(H,10,11);6*1H;;/q-1;;7*-1;;/t13-,14-;2*5-;;;;;;;;/m010......../s1. The van der Waals surface area contributed by atoms with Gasteiger partial charge in [0.15, 0.2) is 0 Å². The smallest absolute Gasteiger partial charge is 0.326 e. The second-order valence-corrected chi connectivity index (χ2v) is 10.2. The zero-order valence-electron chi connectivity index (χ0n) is 32.1. The summed E-state index contributed by atoms with van der Waals surface area (Å²) in [6, 6.07) is 4.62. The third kappa shape index (κ3) is 35.4. The Morgan fingerprint density at radius 3 is 1.60 bits per heavy atom. The summed E-state index contributed by atoms with van der Waals surface area (Å²) in [5.74, 6) is -5.00. The van der Waals surface area contributed by atoms with Gasteiger partial charge in [0.05, 0.1) is 30.4 Å². The molecule has 11 N–H and O–H groups in total. The van der Waals surface area contributed by atoms with Crippen LogP contribution in [-0.2, 0) is 126 Å². The Labute approximate surface area is 382 Å². The number of amides is 1. The van der Waals surface area contributed by atoms with Gasteiger partial charge in [0.2, 0.25) is 5.91 Å². The molecule has 0 saturated heterocycles. The van der Waals surface area contributed by atoms with E-state index in [9.17, 15) is 29.1 Å². The average molecular weight is 1220 g/mol. The van der Waals surface area contributed by atoms with Gasteiger partial charge < -0.3 is 86.2 Å². The number of carbonyl (C=O) groups is 5. The van der Waals surface area contributed by atoms with Crippen molar-refractivity contribution in [2.45, 2.75) is 56.4 Å². The molecule has 344 valence electrons. The van der Waals surface area contributed by atoms with E-state index in [1.807, 2.05) is 6.07 Å². The van der Waals surface area contributed by atoms with Crippen LogP contribution in [0.15, 0.2) is 67.9 Å². The van der Waals surface area contributed by atoms with Crippen LogP contribution in [0.4, 0.5) is 0 Å². The van der Waals surface area contributed by atoms with E-state index >= 15 is 0 Å². The van der Waals surface area contributed by atoms with Crippen molar-refractivity contribution < 1.29 is 114 Å². The number of benzene rings is 1. The van der Waals surface area contributed by atoms with Crippen molar-refractivity contribution in [3.8, 4) is 0 Å². The van der Waals surface area contributed by atoms with Crippen molar-refractivity contribution in [2.24, 2.45) is 5.73 Å². The first-order valence-corrected chi connectivity index (χ1v) is 15.5. The minimum atomic E-state index is -1.32. The molecular weight excluding hydrogens is 1170 g/mol. The van der Waals surface area contributed by atoms with E-state index in [4.69, 9.17) is 61.3 Å². The first kappa shape index (κ1) is 70.0. The molecule has 4 aromatic rings. The van der Waals surface area contributed by atoms with Gasteiger partial charge >= 0.3 is 11.9 Å². The summed E-state index contributed by atoms with van der Waals surface area (Å²) in [5.41, 5.74) is 22.2. The van der Waals surface area contributed by atoms with Crippen molar-refractivity contribution in [1.29, 1.82) is 0 Å². The molecule has 62 heavy (non-hydrogen) atoms. The molecule has 25 nitrogen and oxygen atoms in total. The molecule has 3 aromatic heterocycles. The number of imidazole rings is 3. The number of aromatic amines is 2. The number of H-pyrrole nitrogens is 2. The molecule has 0 fully saturated rings. The number of nitrogens with zero attached hydrogens (tertiary/aromatic N) is 4. The summed E-state index contributed by atoms with van der Waals surface area (Å²) in [7, 11) is 0. The Morgan fingerprint density at radius 2 is 1.19 bits per heavy atom. The summed E-state index contributed by atoms with van der Waals surface area (Å²) in [4.78, 5) is 118. The van der Waals surface area contributed by atoms with Gasteiger partial charge in [0, 0.05) is 78.0 Å². The van der Waals surface area contributed by atoms with Crippen LogP contribution < -0.4 is 11.1 Å². The van der Waals surface area contributed by atoms with Crippen LogP contribution in [0.5, 0.6) is 0 Å². The monoisotopic (exact) mass is 1220 g/mol. The van der Waals surface area contributed by atoms with E-state index in [2.05, 4.69) is 71.0 Å². The van der Waals surface area contributed by atoms with E-state index < -0.39 is 54.0 Å². The van der Waals surface area contributed by atoms with Gasteiger partial charge in [-0.25, -0.2) is 19.7 Å². The second kappa shape index (κ2) is 47.1. The molecule has 4 atom stereocenters. The molecule has 0 unspecified atom stereocenters. The third-order valence-corrected chi connectivity index (χ3v) is 6.22. The molecular formula is C35H42N10O15Re2-8. The number of nitrogens with one attached hydrogen (secondary N) is 5. The number of aliphatic carboxylic acids is 4. The Balaban J connectivity index is -0.000000141. The zero-order chi connectivity index (χ0) is 47.6. The van der Waals surface area contributed by atoms with Crippen LogP contribution in [-0.4, -0.2) is 145 Å². The normalized spacial score (nSPS) is 10.4. The Kier molecular flexibility index (Phi) is 53.2. The molecule has 4 rings (SSSR count). The number of carboxylic acid groups (broad SMARTS) is 4. The van der Waals surface area contributed by atoms with Gasteiger partial charge in [-0.05, 0) is 30.5 Å². The maximum Gasteiger partial charge on any atom is 0.326 e. The summed E-state index contributed by atoms with van der Waals surface area (Å²) in [6.45, 7) is 19.3. The van der Waals surface area contributed by atoms with Crippen molar-refractivity contribution >= 4 is 70.5 Å². The number of nitrogens with two attached hydrogens (primary N) is 1. The van der Waals surface area contributed by atoms with Gasteiger partial charge in [-0.3, -0.25) is 59.9 Å². The van der Waals surface area contributed by atoms with Gasteiger partial charge in [-0.2, -0.15) is 0 Å².